The third-order valence-electron chi connectivity index (χ3n) is 13.1. The van der Waals surface area contributed by atoms with Crippen molar-refractivity contribution in [2.24, 2.45) is 0 Å². The zero-order valence-electron chi connectivity index (χ0n) is 49.9. The highest BCUT2D eigenvalue weighted by Crippen LogP contribution is 2.15. The second-order valence-corrected chi connectivity index (χ2v) is 20.6. The van der Waals surface area contributed by atoms with Crippen LogP contribution < -0.4 is 0 Å². The van der Waals surface area contributed by atoms with Crippen LogP contribution in [0.15, 0.2) is 134 Å². The Kier molecular flexibility index (Phi) is 60.4. The molecule has 0 aliphatic carbocycles. The van der Waals surface area contributed by atoms with Crippen molar-refractivity contribution in [2.75, 3.05) is 13.2 Å². The van der Waals surface area contributed by atoms with Gasteiger partial charge < -0.3 is 14.2 Å². The number of esters is 3. The van der Waals surface area contributed by atoms with E-state index >= 15 is 0 Å². The predicted molar refractivity (Wildman–Crippen MR) is 334 cm³/mol. The Bertz CT molecular complexity index is 1650. The molecule has 77 heavy (non-hydrogen) atoms. The van der Waals surface area contributed by atoms with E-state index in [0.29, 0.717) is 19.3 Å². The molecular weight excluding hydrogens is 949 g/mol. The van der Waals surface area contributed by atoms with Gasteiger partial charge in [0.25, 0.3) is 0 Å². The third kappa shape index (κ3) is 62.3. The Morgan fingerprint density at radius 2 is 0.519 bits per heavy atom. The van der Waals surface area contributed by atoms with Crippen LogP contribution in [0.25, 0.3) is 0 Å². The van der Waals surface area contributed by atoms with Crippen LogP contribution in [0.5, 0.6) is 0 Å². The zero-order chi connectivity index (χ0) is 55.7. The summed E-state index contributed by atoms with van der Waals surface area (Å²) in [7, 11) is 0. The van der Waals surface area contributed by atoms with E-state index in [1.54, 1.807) is 0 Å². The molecule has 0 aliphatic heterocycles. The molecule has 0 aliphatic rings. The number of ether oxygens (including phenoxy) is 3. The van der Waals surface area contributed by atoms with Gasteiger partial charge in [0.05, 0.1) is 0 Å². The number of unbranched alkanes of at least 4 members (excludes halogenated alkanes) is 23. The van der Waals surface area contributed by atoms with E-state index in [2.05, 4.69) is 154 Å². The minimum absolute atomic E-state index is 0.101. The molecule has 0 rings (SSSR count). The highest BCUT2D eigenvalue weighted by molar-refractivity contribution is 5.71. The maximum absolute atomic E-state index is 12.9. The topological polar surface area (TPSA) is 78.9 Å². The second-order valence-electron chi connectivity index (χ2n) is 20.6. The van der Waals surface area contributed by atoms with E-state index in [-0.39, 0.29) is 37.5 Å². The van der Waals surface area contributed by atoms with E-state index in [9.17, 15) is 14.4 Å². The van der Waals surface area contributed by atoms with Crippen molar-refractivity contribution in [3.05, 3.63) is 134 Å². The Morgan fingerprint density at radius 1 is 0.273 bits per heavy atom. The molecule has 1 atom stereocenters. The number of hydrogen-bond donors (Lipinski definition) is 0. The van der Waals surface area contributed by atoms with Crippen LogP contribution in [0.1, 0.15) is 278 Å². The summed E-state index contributed by atoms with van der Waals surface area (Å²) in [6, 6.07) is 0. The van der Waals surface area contributed by atoms with Crippen LogP contribution in [0.2, 0.25) is 0 Å². The van der Waals surface area contributed by atoms with Crippen LogP contribution in [0, 0.1) is 0 Å². The van der Waals surface area contributed by atoms with Crippen molar-refractivity contribution < 1.29 is 28.6 Å². The molecule has 436 valence electrons. The fourth-order valence-corrected chi connectivity index (χ4v) is 8.42. The summed E-state index contributed by atoms with van der Waals surface area (Å²) >= 11 is 0. The molecule has 0 bridgehead atoms. The number of rotatable bonds is 56. The highest BCUT2D eigenvalue weighted by Gasteiger charge is 2.19. The summed E-state index contributed by atoms with van der Waals surface area (Å²) in [6.45, 7) is 6.46. The summed E-state index contributed by atoms with van der Waals surface area (Å²) in [4.78, 5) is 38.2. The molecule has 0 amide bonds. The molecule has 1 unspecified atom stereocenters. The SMILES string of the molecule is CC/C=C\C/C=C\C/C=C\C/C=C\C/C=C\C/C=C\C/C=C\C/C=C\C/C=C\CCCC(=O)OCC(COC(=O)CCCCCCCCCCCCCC)OC(=O)CCCCCCCCC/C=C\C/C=C\CCCCCC. The lowest BCUT2D eigenvalue weighted by molar-refractivity contribution is -0.167. The van der Waals surface area contributed by atoms with E-state index in [4.69, 9.17) is 14.2 Å². The van der Waals surface area contributed by atoms with Gasteiger partial charge in [-0.25, -0.2) is 0 Å². The van der Waals surface area contributed by atoms with Crippen LogP contribution in [-0.2, 0) is 28.6 Å². The minimum Gasteiger partial charge on any atom is -0.462 e. The maximum Gasteiger partial charge on any atom is 0.306 e. The van der Waals surface area contributed by atoms with E-state index < -0.39 is 6.10 Å². The van der Waals surface area contributed by atoms with Crippen molar-refractivity contribution >= 4 is 17.9 Å². The fraction of sp³-hybridized carbons (Fsp3) is 0.648. The molecule has 0 aromatic rings. The zero-order valence-corrected chi connectivity index (χ0v) is 49.9. The summed E-state index contributed by atoms with van der Waals surface area (Å²) < 4.78 is 16.8. The van der Waals surface area contributed by atoms with E-state index in [0.717, 1.165) is 116 Å². The van der Waals surface area contributed by atoms with Gasteiger partial charge in [-0.1, -0.05) is 276 Å². The summed E-state index contributed by atoms with van der Waals surface area (Å²) in [5.74, 6) is -0.969. The average molecular weight is 1070 g/mol. The lowest BCUT2D eigenvalue weighted by Crippen LogP contribution is -2.30. The van der Waals surface area contributed by atoms with Crippen LogP contribution in [0.4, 0.5) is 0 Å². The molecule has 0 N–H and O–H groups in total. The van der Waals surface area contributed by atoms with Gasteiger partial charge in [-0.15, -0.1) is 0 Å². The van der Waals surface area contributed by atoms with Crippen LogP contribution in [0.3, 0.4) is 0 Å². The summed E-state index contributed by atoms with van der Waals surface area (Å²) in [5.41, 5.74) is 0. The smallest absolute Gasteiger partial charge is 0.306 e. The first-order valence-electron chi connectivity index (χ1n) is 31.7. The van der Waals surface area contributed by atoms with Crippen molar-refractivity contribution in [1.29, 1.82) is 0 Å². The number of carbonyl (C=O) groups excluding carboxylic acids is 3. The Hall–Kier alpha value is -4.45. The van der Waals surface area contributed by atoms with E-state index in [1.807, 2.05) is 0 Å². The van der Waals surface area contributed by atoms with Gasteiger partial charge in [0.15, 0.2) is 6.10 Å². The third-order valence-corrected chi connectivity index (χ3v) is 13.1. The average Bonchev–Trinajstić information content (AvgIpc) is 3.43. The highest BCUT2D eigenvalue weighted by atomic mass is 16.6. The quantitative estimate of drug-likeness (QED) is 0.0261. The molecule has 0 spiro atoms. The Morgan fingerprint density at radius 3 is 0.857 bits per heavy atom. The molecule has 6 heteroatoms. The summed E-state index contributed by atoms with van der Waals surface area (Å²) in [5, 5.41) is 0. The van der Waals surface area contributed by atoms with Crippen molar-refractivity contribution in [3.63, 3.8) is 0 Å². The van der Waals surface area contributed by atoms with Gasteiger partial charge in [-0.05, 0) is 116 Å². The standard InChI is InChI=1S/C71H116O6/c1-4-7-10-13-16-19-22-25-27-29-31-32-33-34-35-36-37-38-39-40-41-43-44-46-49-52-55-58-61-64-70(73)76-67-68(66-75-69(72)63-60-57-54-51-48-24-21-18-15-12-9-6-3)77-71(74)65-62-59-56-53-50-47-45-42-30-28-26-23-20-17-14-11-8-5-2/h7,10,16,19-20,23,25,27-28,30-32,34-35,37-38,40-41,44,46,52,55,68H,4-6,8-9,11-15,17-18,21-22,24,26,29,33,36,39,42-43,45,47-51,53-54,56-67H2,1-3H3/b10-7-,19-16-,23-20-,27-25-,30-28-,32-31-,35-34-,38-37-,41-40-,46-44-,55-52-. The number of hydrogen-bond acceptors (Lipinski definition) is 6. The van der Waals surface area contributed by atoms with Gasteiger partial charge in [-0.2, -0.15) is 0 Å². The molecule has 0 radical (unpaired) electrons. The van der Waals surface area contributed by atoms with Crippen LogP contribution in [-0.4, -0.2) is 37.2 Å². The summed E-state index contributed by atoms with van der Waals surface area (Å²) in [6.07, 6.45) is 90.3. The normalized spacial score (nSPS) is 13.0. The van der Waals surface area contributed by atoms with Crippen molar-refractivity contribution in [2.45, 2.75) is 284 Å². The molecule has 0 aromatic heterocycles. The van der Waals surface area contributed by atoms with Crippen LogP contribution >= 0.6 is 0 Å². The van der Waals surface area contributed by atoms with Crippen molar-refractivity contribution in [1.82, 2.24) is 0 Å². The van der Waals surface area contributed by atoms with Gasteiger partial charge in [0.1, 0.15) is 13.2 Å². The molecule has 6 nitrogen and oxygen atoms in total. The van der Waals surface area contributed by atoms with E-state index in [1.165, 1.54) is 116 Å². The molecule has 0 saturated carbocycles. The van der Waals surface area contributed by atoms with Crippen molar-refractivity contribution in [3.8, 4) is 0 Å². The lowest BCUT2D eigenvalue weighted by atomic mass is 10.0. The van der Waals surface area contributed by atoms with Gasteiger partial charge in [-0.3, -0.25) is 14.4 Å². The lowest BCUT2D eigenvalue weighted by Gasteiger charge is -2.18. The predicted octanol–water partition coefficient (Wildman–Crippen LogP) is 21.8. The molecule has 0 aromatic carbocycles. The Labute approximate surface area is 475 Å². The largest absolute Gasteiger partial charge is 0.462 e. The first-order chi connectivity index (χ1) is 38.0. The van der Waals surface area contributed by atoms with Gasteiger partial charge in [0, 0.05) is 19.3 Å². The molecule has 0 heterocycles. The first kappa shape index (κ1) is 72.5. The number of allylic oxidation sites excluding steroid dienone is 22. The second kappa shape index (κ2) is 64.1. The fourth-order valence-electron chi connectivity index (χ4n) is 8.42. The number of carbonyl (C=O) groups is 3. The monoisotopic (exact) mass is 1060 g/mol. The maximum atomic E-state index is 12.9. The minimum atomic E-state index is -0.809. The molecule has 0 fully saturated rings. The first-order valence-corrected chi connectivity index (χ1v) is 31.7. The van der Waals surface area contributed by atoms with Gasteiger partial charge >= 0.3 is 17.9 Å². The Balaban J connectivity index is 4.44. The van der Waals surface area contributed by atoms with Gasteiger partial charge in [0.2, 0.25) is 0 Å². The molecular formula is C71H116O6. The molecule has 0 saturated heterocycles.